The van der Waals surface area contributed by atoms with Gasteiger partial charge in [0.1, 0.15) is 0 Å². The second kappa shape index (κ2) is 13.8. The molecule has 55 heavy (non-hydrogen) atoms. The van der Waals surface area contributed by atoms with E-state index in [0.29, 0.717) is 17.5 Å². The average Bonchev–Trinajstić information content (AvgIpc) is 3.60. The summed E-state index contributed by atoms with van der Waals surface area (Å²) < 4.78 is 2.37. The highest BCUT2D eigenvalue weighted by Crippen LogP contribution is 2.37. The lowest BCUT2D eigenvalue weighted by molar-refractivity contribution is 1.07. The third kappa shape index (κ3) is 6.16. The minimum Gasteiger partial charge on any atom is -0.309 e. The van der Waals surface area contributed by atoms with Gasteiger partial charge in [0.15, 0.2) is 17.5 Å². The number of aromatic nitrogens is 4. The molecule has 0 bridgehead atoms. The normalized spacial score (nSPS) is 11.3. The standard InChI is InChI=1S/C51H34N4/c1-5-13-35(14-6-1)38-21-23-41(24-22-38)50-52-49(40-19-11-4-12-20-40)53-51(54-50)43-28-32-46-45-31-27-42(37-17-9-3-10-18-37)33-47(45)55(48(46)34-43)44-29-25-39(26-30-44)36-15-7-2-8-16-36/h1-34H. The fraction of sp³-hybridized carbons (Fsp3) is 0. The van der Waals surface area contributed by atoms with Gasteiger partial charge in [0.25, 0.3) is 0 Å². The summed E-state index contributed by atoms with van der Waals surface area (Å²) in [5, 5.41) is 2.35. The van der Waals surface area contributed by atoms with Crippen molar-refractivity contribution in [1.29, 1.82) is 0 Å². The summed E-state index contributed by atoms with van der Waals surface area (Å²) in [5.41, 5.74) is 13.1. The maximum Gasteiger partial charge on any atom is 0.164 e. The van der Waals surface area contributed by atoms with E-state index in [2.05, 4.69) is 174 Å². The van der Waals surface area contributed by atoms with E-state index in [0.717, 1.165) is 39.0 Å². The molecule has 0 radical (unpaired) electrons. The van der Waals surface area contributed by atoms with E-state index in [1.54, 1.807) is 0 Å². The van der Waals surface area contributed by atoms with Crippen LogP contribution in [0.15, 0.2) is 206 Å². The Bertz CT molecular complexity index is 2920. The molecule has 0 N–H and O–H groups in total. The first-order chi connectivity index (χ1) is 27.2. The van der Waals surface area contributed by atoms with Crippen molar-refractivity contribution in [2.24, 2.45) is 0 Å². The van der Waals surface area contributed by atoms with Gasteiger partial charge in [-0.25, -0.2) is 15.0 Å². The summed E-state index contributed by atoms with van der Waals surface area (Å²) in [6.45, 7) is 0. The van der Waals surface area contributed by atoms with Crippen LogP contribution >= 0.6 is 0 Å². The summed E-state index contributed by atoms with van der Waals surface area (Å²) in [5.74, 6) is 1.89. The van der Waals surface area contributed by atoms with E-state index in [1.807, 2.05) is 36.4 Å². The van der Waals surface area contributed by atoms with Crippen LogP contribution in [-0.4, -0.2) is 19.5 Å². The number of fused-ring (bicyclic) bond motifs is 3. The molecule has 10 aromatic rings. The molecule has 0 spiro atoms. The molecule has 0 fully saturated rings. The molecule has 0 amide bonds. The summed E-state index contributed by atoms with van der Waals surface area (Å²) in [6, 6.07) is 72.3. The summed E-state index contributed by atoms with van der Waals surface area (Å²) in [7, 11) is 0. The maximum atomic E-state index is 5.13. The highest BCUT2D eigenvalue weighted by Gasteiger charge is 2.18. The topological polar surface area (TPSA) is 43.6 Å². The monoisotopic (exact) mass is 702 g/mol. The number of hydrogen-bond donors (Lipinski definition) is 0. The van der Waals surface area contributed by atoms with Crippen LogP contribution < -0.4 is 0 Å². The van der Waals surface area contributed by atoms with Crippen LogP contribution in [0.2, 0.25) is 0 Å². The van der Waals surface area contributed by atoms with Gasteiger partial charge in [-0.3, -0.25) is 0 Å². The Morgan fingerprint density at radius 1 is 0.255 bits per heavy atom. The minimum atomic E-state index is 0.624. The highest BCUT2D eigenvalue weighted by molar-refractivity contribution is 6.11. The predicted octanol–water partition coefficient (Wildman–Crippen LogP) is 13.0. The maximum absolute atomic E-state index is 5.13. The Balaban J connectivity index is 1.15. The minimum absolute atomic E-state index is 0.624. The molecule has 8 aromatic carbocycles. The molecule has 10 rings (SSSR count). The van der Waals surface area contributed by atoms with Crippen molar-refractivity contribution in [3.8, 4) is 73.2 Å². The van der Waals surface area contributed by atoms with Crippen molar-refractivity contribution >= 4 is 21.8 Å². The zero-order valence-corrected chi connectivity index (χ0v) is 29.9. The number of benzene rings is 8. The third-order valence-electron chi connectivity index (χ3n) is 10.3. The first-order valence-electron chi connectivity index (χ1n) is 18.5. The van der Waals surface area contributed by atoms with E-state index in [-0.39, 0.29) is 0 Å². The SMILES string of the molecule is c1ccc(-c2ccc(-c3nc(-c4ccccc4)nc(-c4ccc5c6ccc(-c7ccccc7)cc6n(-c6ccc(-c7ccccc7)cc6)c5c4)n3)cc2)cc1. The molecule has 2 heterocycles. The first kappa shape index (κ1) is 32.2. The lowest BCUT2D eigenvalue weighted by Gasteiger charge is -2.12. The quantitative estimate of drug-likeness (QED) is 0.166. The highest BCUT2D eigenvalue weighted by atomic mass is 15.0. The summed E-state index contributed by atoms with van der Waals surface area (Å²) in [6.07, 6.45) is 0. The van der Waals surface area contributed by atoms with Gasteiger partial charge >= 0.3 is 0 Å². The first-order valence-corrected chi connectivity index (χ1v) is 18.5. The van der Waals surface area contributed by atoms with Crippen molar-refractivity contribution in [2.45, 2.75) is 0 Å². The molecule has 4 nitrogen and oxygen atoms in total. The molecule has 258 valence electrons. The fourth-order valence-electron chi connectivity index (χ4n) is 7.47. The van der Waals surface area contributed by atoms with Gasteiger partial charge in [0, 0.05) is 33.2 Å². The number of rotatable bonds is 7. The molecule has 0 aliphatic carbocycles. The van der Waals surface area contributed by atoms with E-state index in [4.69, 9.17) is 15.0 Å². The molecular formula is C51H34N4. The predicted molar refractivity (Wildman–Crippen MR) is 227 cm³/mol. The van der Waals surface area contributed by atoms with Gasteiger partial charge in [-0.1, -0.05) is 182 Å². The van der Waals surface area contributed by atoms with Crippen LogP contribution in [0.1, 0.15) is 0 Å². The van der Waals surface area contributed by atoms with Gasteiger partial charge < -0.3 is 4.57 Å². The van der Waals surface area contributed by atoms with Gasteiger partial charge in [0.05, 0.1) is 11.0 Å². The molecule has 0 saturated heterocycles. The Morgan fingerprint density at radius 3 is 1.05 bits per heavy atom. The van der Waals surface area contributed by atoms with Gasteiger partial charge in [-0.05, 0) is 57.6 Å². The smallest absolute Gasteiger partial charge is 0.164 e. The number of hydrogen-bond acceptors (Lipinski definition) is 3. The molecule has 0 unspecified atom stereocenters. The van der Waals surface area contributed by atoms with Crippen LogP contribution in [0.25, 0.3) is 95.0 Å². The molecule has 4 heteroatoms. The second-order valence-corrected chi connectivity index (χ2v) is 13.7. The molecule has 0 aliphatic heterocycles. The van der Waals surface area contributed by atoms with E-state index >= 15 is 0 Å². The molecule has 0 saturated carbocycles. The van der Waals surface area contributed by atoms with Gasteiger partial charge in [-0.15, -0.1) is 0 Å². The van der Waals surface area contributed by atoms with Crippen molar-refractivity contribution in [1.82, 2.24) is 19.5 Å². The number of nitrogens with zero attached hydrogens (tertiary/aromatic N) is 4. The average molecular weight is 703 g/mol. The largest absolute Gasteiger partial charge is 0.309 e. The lowest BCUT2D eigenvalue weighted by atomic mass is 10.0. The van der Waals surface area contributed by atoms with Crippen molar-refractivity contribution in [3.63, 3.8) is 0 Å². The van der Waals surface area contributed by atoms with E-state index in [9.17, 15) is 0 Å². The van der Waals surface area contributed by atoms with Crippen molar-refractivity contribution in [3.05, 3.63) is 206 Å². The lowest BCUT2D eigenvalue weighted by Crippen LogP contribution is -2.00. The molecule has 2 aromatic heterocycles. The Morgan fingerprint density at radius 2 is 0.564 bits per heavy atom. The zero-order valence-electron chi connectivity index (χ0n) is 29.9. The van der Waals surface area contributed by atoms with Crippen LogP contribution in [0.5, 0.6) is 0 Å². The Labute approximate surface area is 319 Å². The molecular weight excluding hydrogens is 669 g/mol. The van der Waals surface area contributed by atoms with Crippen molar-refractivity contribution in [2.75, 3.05) is 0 Å². The van der Waals surface area contributed by atoms with Crippen LogP contribution in [0.4, 0.5) is 0 Å². The van der Waals surface area contributed by atoms with Crippen LogP contribution in [0.3, 0.4) is 0 Å². The molecule has 0 atom stereocenters. The van der Waals surface area contributed by atoms with Gasteiger partial charge in [-0.2, -0.15) is 0 Å². The van der Waals surface area contributed by atoms with Crippen molar-refractivity contribution < 1.29 is 0 Å². The zero-order chi connectivity index (χ0) is 36.6. The van der Waals surface area contributed by atoms with Gasteiger partial charge in [0.2, 0.25) is 0 Å². The second-order valence-electron chi connectivity index (χ2n) is 13.7. The summed E-state index contributed by atoms with van der Waals surface area (Å²) >= 11 is 0. The Kier molecular flexibility index (Phi) is 8.12. The Hall–Kier alpha value is -7.43. The van der Waals surface area contributed by atoms with E-state index in [1.165, 1.54) is 38.6 Å². The molecule has 0 aliphatic rings. The van der Waals surface area contributed by atoms with E-state index < -0.39 is 0 Å². The van der Waals surface area contributed by atoms with Crippen LogP contribution in [0, 0.1) is 0 Å². The fourth-order valence-corrected chi connectivity index (χ4v) is 7.47. The van der Waals surface area contributed by atoms with Crippen LogP contribution in [-0.2, 0) is 0 Å². The third-order valence-corrected chi connectivity index (χ3v) is 10.3. The summed E-state index contributed by atoms with van der Waals surface area (Å²) in [4.78, 5) is 15.2.